The molecule has 0 atom stereocenters. The number of hydrogen-bond donors (Lipinski definition) is 2. The fourth-order valence-electron chi connectivity index (χ4n) is 2.03. The number of anilines is 1. The normalized spacial score (nSPS) is 12.0. The number of halogens is 5. The molecule has 2 rings (SSSR count). The van der Waals surface area contributed by atoms with Crippen molar-refractivity contribution in [1.29, 1.82) is 0 Å². The summed E-state index contributed by atoms with van der Waals surface area (Å²) in [6.45, 7) is 0. The molecule has 6 nitrogen and oxygen atoms in total. The van der Waals surface area contributed by atoms with E-state index in [1.54, 1.807) is 0 Å². The van der Waals surface area contributed by atoms with Gasteiger partial charge in [0.1, 0.15) is 5.75 Å². The van der Waals surface area contributed by atoms with Crippen molar-refractivity contribution >= 4 is 27.7 Å². The highest BCUT2D eigenvalue weighted by Crippen LogP contribution is 2.26. The van der Waals surface area contributed by atoms with Gasteiger partial charge in [0.2, 0.25) is 5.82 Å². The molecule has 28 heavy (non-hydrogen) atoms. The van der Waals surface area contributed by atoms with Gasteiger partial charge in [-0.2, -0.15) is 0 Å². The number of hydrogen-bond acceptors (Lipinski definition) is 4. The van der Waals surface area contributed by atoms with Gasteiger partial charge in [0.15, 0.2) is 28.2 Å². The van der Waals surface area contributed by atoms with Crippen LogP contribution in [0.15, 0.2) is 29.2 Å². The summed E-state index contributed by atoms with van der Waals surface area (Å²) < 4.78 is 98.7. The van der Waals surface area contributed by atoms with Gasteiger partial charge < -0.3 is 10.5 Å². The SMILES string of the molecule is COc1ccc(NS(=O)(=O)C(=Cc2c(F)c(F)c(F)c(F)c2F)C(N)=O)cc1. The minimum atomic E-state index is -4.84. The van der Waals surface area contributed by atoms with E-state index in [0.29, 0.717) is 5.75 Å². The monoisotopic (exact) mass is 422 g/mol. The molecule has 0 aliphatic carbocycles. The van der Waals surface area contributed by atoms with Gasteiger partial charge in [-0.3, -0.25) is 9.52 Å². The minimum Gasteiger partial charge on any atom is -0.497 e. The Kier molecular flexibility index (Phi) is 5.92. The Hall–Kier alpha value is -3.15. The first-order valence-corrected chi connectivity index (χ1v) is 8.67. The summed E-state index contributed by atoms with van der Waals surface area (Å²) in [6.07, 6.45) is -0.0372. The molecule has 1 amide bonds. The van der Waals surface area contributed by atoms with Crippen molar-refractivity contribution in [2.45, 2.75) is 0 Å². The number of carbonyl (C=O) groups excluding carboxylic acids is 1. The topological polar surface area (TPSA) is 98.5 Å². The second-order valence-corrected chi connectivity index (χ2v) is 6.84. The van der Waals surface area contributed by atoms with Crippen LogP contribution in [-0.2, 0) is 14.8 Å². The lowest BCUT2D eigenvalue weighted by Gasteiger charge is -2.11. The Morgan fingerprint density at radius 1 is 0.964 bits per heavy atom. The second-order valence-electron chi connectivity index (χ2n) is 5.19. The summed E-state index contributed by atoms with van der Waals surface area (Å²) in [5.41, 5.74) is 3.20. The second kappa shape index (κ2) is 7.84. The van der Waals surface area contributed by atoms with E-state index >= 15 is 0 Å². The van der Waals surface area contributed by atoms with Gasteiger partial charge in [-0.05, 0) is 30.3 Å². The zero-order valence-electron chi connectivity index (χ0n) is 13.9. The number of nitrogens with two attached hydrogens (primary N) is 1. The third-order valence-corrected chi connectivity index (χ3v) is 4.80. The summed E-state index contributed by atoms with van der Waals surface area (Å²) in [7, 11) is -3.48. The number of methoxy groups -OCH3 is 1. The van der Waals surface area contributed by atoms with Crippen molar-refractivity contribution in [3.05, 3.63) is 63.8 Å². The fraction of sp³-hybridized carbons (Fsp3) is 0.0625. The van der Waals surface area contributed by atoms with Crippen LogP contribution in [0.2, 0.25) is 0 Å². The molecule has 0 heterocycles. The number of nitrogens with one attached hydrogen (secondary N) is 1. The van der Waals surface area contributed by atoms with Crippen molar-refractivity contribution in [3.8, 4) is 5.75 Å². The smallest absolute Gasteiger partial charge is 0.267 e. The van der Waals surface area contributed by atoms with Crippen molar-refractivity contribution in [3.63, 3.8) is 0 Å². The maximum Gasteiger partial charge on any atom is 0.267 e. The molecule has 0 fully saturated rings. The lowest BCUT2D eigenvalue weighted by atomic mass is 10.1. The number of benzene rings is 2. The first-order chi connectivity index (χ1) is 13.0. The zero-order chi connectivity index (χ0) is 21.2. The van der Waals surface area contributed by atoms with Crippen LogP contribution in [0.1, 0.15) is 5.56 Å². The zero-order valence-corrected chi connectivity index (χ0v) is 14.7. The van der Waals surface area contributed by atoms with Crippen LogP contribution in [0.5, 0.6) is 5.75 Å². The molecule has 0 spiro atoms. The lowest BCUT2D eigenvalue weighted by molar-refractivity contribution is -0.113. The highest BCUT2D eigenvalue weighted by Gasteiger charge is 2.29. The van der Waals surface area contributed by atoms with Crippen LogP contribution in [0.25, 0.3) is 6.08 Å². The molecule has 12 heteroatoms. The van der Waals surface area contributed by atoms with Gasteiger partial charge >= 0.3 is 0 Å². The number of sulfonamides is 1. The van der Waals surface area contributed by atoms with Gasteiger partial charge in [0.25, 0.3) is 15.9 Å². The first-order valence-electron chi connectivity index (χ1n) is 7.19. The summed E-state index contributed by atoms with van der Waals surface area (Å²) in [5.74, 6) is -13.0. The van der Waals surface area contributed by atoms with Gasteiger partial charge in [0, 0.05) is 5.69 Å². The van der Waals surface area contributed by atoms with Crippen LogP contribution in [0, 0.1) is 29.1 Å². The van der Waals surface area contributed by atoms with Gasteiger partial charge in [-0.15, -0.1) is 0 Å². The van der Waals surface area contributed by atoms with E-state index in [1.165, 1.54) is 31.4 Å². The third-order valence-electron chi connectivity index (χ3n) is 3.39. The van der Waals surface area contributed by atoms with Crippen molar-refractivity contribution in [2.75, 3.05) is 11.8 Å². The van der Waals surface area contributed by atoms with Crippen LogP contribution < -0.4 is 15.2 Å². The first kappa shape index (κ1) is 21.2. The number of rotatable bonds is 6. The Bertz CT molecular complexity index is 1040. The Morgan fingerprint density at radius 3 is 1.86 bits per heavy atom. The maximum absolute atomic E-state index is 13.8. The van der Waals surface area contributed by atoms with Crippen LogP contribution >= 0.6 is 0 Å². The highest BCUT2D eigenvalue weighted by atomic mass is 32.2. The maximum atomic E-state index is 13.8. The minimum absolute atomic E-state index is 0.0372. The molecule has 2 aromatic carbocycles. The molecular formula is C16H11F5N2O4S. The van der Waals surface area contributed by atoms with Crippen LogP contribution in [0.4, 0.5) is 27.6 Å². The molecule has 0 radical (unpaired) electrons. The molecule has 0 unspecified atom stereocenters. The quantitative estimate of drug-likeness (QED) is 0.324. The van der Waals surface area contributed by atoms with Gasteiger partial charge in [-0.1, -0.05) is 0 Å². The van der Waals surface area contributed by atoms with Crippen molar-refractivity contribution in [2.24, 2.45) is 5.73 Å². The van der Waals surface area contributed by atoms with E-state index in [1.807, 2.05) is 4.72 Å². The van der Waals surface area contributed by atoms with E-state index < -0.39 is 55.5 Å². The Morgan fingerprint density at radius 2 is 1.43 bits per heavy atom. The molecule has 0 aliphatic heterocycles. The van der Waals surface area contributed by atoms with Crippen molar-refractivity contribution < 1.29 is 39.9 Å². The number of carbonyl (C=O) groups is 1. The van der Waals surface area contributed by atoms with E-state index in [9.17, 15) is 35.2 Å². The Balaban J connectivity index is 2.57. The molecule has 2 aromatic rings. The molecule has 0 saturated heterocycles. The largest absolute Gasteiger partial charge is 0.497 e. The molecule has 150 valence electrons. The summed E-state index contributed by atoms with van der Waals surface area (Å²) in [6, 6.07) is 5.17. The van der Waals surface area contributed by atoms with E-state index in [2.05, 4.69) is 0 Å². The molecule has 0 aliphatic rings. The highest BCUT2D eigenvalue weighted by molar-refractivity contribution is 7.97. The molecule has 0 saturated carbocycles. The van der Waals surface area contributed by atoms with Crippen molar-refractivity contribution in [1.82, 2.24) is 0 Å². The predicted octanol–water partition coefficient (Wildman–Crippen LogP) is 2.66. The number of ether oxygens (including phenoxy) is 1. The van der Waals surface area contributed by atoms with E-state index in [-0.39, 0.29) is 11.8 Å². The number of primary amides is 1. The van der Waals surface area contributed by atoms with Gasteiger partial charge in [0.05, 0.1) is 12.7 Å². The molecular weight excluding hydrogens is 411 g/mol. The summed E-state index contributed by atoms with van der Waals surface area (Å²) in [5, 5.41) is 0. The summed E-state index contributed by atoms with van der Waals surface area (Å²) in [4.78, 5) is 10.1. The standard InChI is InChI=1S/C16H11F5N2O4S/c1-27-8-4-2-7(3-5-8)23-28(25,26)10(16(22)24)6-9-11(17)13(19)15(21)14(20)12(9)18/h2-6,23H,1H3,(H2,22,24). The Labute approximate surface area is 155 Å². The average Bonchev–Trinajstić information content (AvgIpc) is 2.64. The molecule has 3 N–H and O–H groups in total. The lowest BCUT2D eigenvalue weighted by Crippen LogP contribution is -2.26. The number of amides is 1. The molecule has 0 aromatic heterocycles. The van der Waals surface area contributed by atoms with Crippen LogP contribution in [0.3, 0.4) is 0 Å². The molecule has 0 bridgehead atoms. The third kappa shape index (κ3) is 4.06. The van der Waals surface area contributed by atoms with Gasteiger partial charge in [-0.25, -0.2) is 30.4 Å². The summed E-state index contributed by atoms with van der Waals surface area (Å²) >= 11 is 0. The van der Waals surface area contributed by atoms with E-state index in [0.717, 1.165) is 0 Å². The predicted molar refractivity (Wildman–Crippen MR) is 88.9 cm³/mol. The van der Waals surface area contributed by atoms with E-state index in [4.69, 9.17) is 10.5 Å². The average molecular weight is 422 g/mol. The fourth-order valence-corrected chi connectivity index (χ4v) is 3.12. The van der Waals surface area contributed by atoms with Crippen LogP contribution in [-0.4, -0.2) is 21.4 Å².